The number of hydrogen-bond donors (Lipinski definition) is 2. The second-order valence-corrected chi connectivity index (χ2v) is 4.71. The lowest BCUT2D eigenvalue weighted by molar-refractivity contribution is 0.540. The van der Waals surface area contributed by atoms with Crippen LogP contribution in [0.4, 0.5) is 0 Å². The molecule has 1 heterocycles. The Morgan fingerprint density at radius 1 is 1.57 bits per heavy atom. The molecule has 1 aromatic heterocycles. The van der Waals surface area contributed by atoms with E-state index in [-0.39, 0.29) is 0 Å². The van der Waals surface area contributed by atoms with Gasteiger partial charge in [0.15, 0.2) is 0 Å². The molecular weight excluding hydrogens is 192 g/mol. The Morgan fingerprint density at radius 2 is 2.36 bits per heavy atom. The number of nitrogens with two attached hydrogens (primary N) is 1. The Labute approximate surface area is 90.5 Å². The molecule has 1 rings (SSSR count). The fraction of sp³-hybridized carbons (Fsp3) is 0.636. The van der Waals surface area contributed by atoms with E-state index >= 15 is 0 Å². The quantitative estimate of drug-likeness (QED) is 0.759. The Morgan fingerprint density at radius 3 is 2.93 bits per heavy atom. The average molecular weight is 212 g/mol. The minimum absolute atomic E-state index is 0.306. The first kappa shape index (κ1) is 11.7. The first-order valence-corrected chi connectivity index (χ1v) is 6.11. The van der Waals surface area contributed by atoms with Gasteiger partial charge in [0.2, 0.25) is 0 Å². The summed E-state index contributed by atoms with van der Waals surface area (Å²) in [6.07, 6.45) is 2.28. The van der Waals surface area contributed by atoms with Gasteiger partial charge in [-0.05, 0) is 30.4 Å². The van der Waals surface area contributed by atoms with E-state index < -0.39 is 0 Å². The summed E-state index contributed by atoms with van der Waals surface area (Å²) in [5.74, 6) is 0. The molecule has 0 bridgehead atoms. The molecule has 1 unspecified atom stereocenters. The van der Waals surface area contributed by atoms with Crippen molar-refractivity contribution in [1.29, 1.82) is 0 Å². The lowest BCUT2D eigenvalue weighted by atomic mass is 10.2. The van der Waals surface area contributed by atoms with Crippen molar-refractivity contribution in [2.45, 2.75) is 39.3 Å². The Kier molecular flexibility index (Phi) is 5.15. The second kappa shape index (κ2) is 6.17. The minimum atomic E-state index is 0.306. The number of nitrogens with one attached hydrogen (secondary N) is 1. The summed E-state index contributed by atoms with van der Waals surface area (Å²) < 4.78 is 0. The molecule has 0 aliphatic heterocycles. The van der Waals surface area contributed by atoms with E-state index in [1.54, 1.807) is 0 Å². The van der Waals surface area contributed by atoms with Crippen LogP contribution in [-0.4, -0.2) is 12.6 Å². The third-order valence-electron chi connectivity index (χ3n) is 2.32. The second-order valence-electron chi connectivity index (χ2n) is 3.71. The predicted octanol–water partition coefficient (Wildman–Crippen LogP) is 2.27. The maximum absolute atomic E-state index is 5.90. The molecule has 1 atom stereocenters. The van der Waals surface area contributed by atoms with E-state index in [2.05, 4.69) is 30.6 Å². The zero-order valence-electron chi connectivity index (χ0n) is 9.05. The fourth-order valence-electron chi connectivity index (χ4n) is 1.43. The van der Waals surface area contributed by atoms with Crippen molar-refractivity contribution in [2.24, 2.45) is 5.73 Å². The van der Waals surface area contributed by atoms with Crippen molar-refractivity contribution in [1.82, 2.24) is 5.32 Å². The maximum atomic E-state index is 5.90. The van der Waals surface area contributed by atoms with E-state index in [1.807, 2.05) is 11.3 Å². The topological polar surface area (TPSA) is 38.0 Å². The highest BCUT2D eigenvalue weighted by molar-refractivity contribution is 7.10. The van der Waals surface area contributed by atoms with Gasteiger partial charge in [-0.15, -0.1) is 11.3 Å². The molecule has 0 saturated carbocycles. The van der Waals surface area contributed by atoms with Crippen LogP contribution in [-0.2, 0) is 6.54 Å². The van der Waals surface area contributed by atoms with Crippen LogP contribution in [0.5, 0.6) is 0 Å². The lowest BCUT2D eigenvalue weighted by Gasteiger charge is -2.11. The van der Waals surface area contributed by atoms with Crippen LogP contribution in [0.1, 0.15) is 30.2 Å². The molecule has 0 amide bonds. The van der Waals surface area contributed by atoms with Gasteiger partial charge in [0.1, 0.15) is 0 Å². The van der Waals surface area contributed by atoms with Gasteiger partial charge in [-0.3, -0.25) is 0 Å². The molecule has 0 aromatic carbocycles. The van der Waals surface area contributed by atoms with Gasteiger partial charge in [-0.2, -0.15) is 0 Å². The average Bonchev–Trinajstić information content (AvgIpc) is 2.52. The van der Waals surface area contributed by atoms with Crippen LogP contribution >= 0.6 is 11.3 Å². The summed E-state index contributed by atoms with van der Waals surface area (Å²) >= 11 is 1.81. The van der Waals surface area contributed by atoms with Gasteiger partial charge in [0.25, 0.3) is 0 Å². The van der Waals surface area contributed by atoms with Crippen LogP contribution < -0.4 is 11.1 Å². The van der Waals surface area contributed by atoms with Crippen molar-refractivity contribution in [3.8, 4) is 0 Å². The molecular formula is C11H20N2S. The van der Waals surface area contributed by atoms with Crippen molar-refractivity contribution < 1.29 is 0 Å². The fourth-order valence-corrected chi connectivity index (χ4v) is 2.30. The Bertz CT molecular complexity index is 258. The van der Waals surface area contributed by atoms with E-state index in [4.69, 9.17) is 5.73 Å². The van der Waals surface area contributed by atoms with Gasteiger partial charge in [-0.25, -0.2) is 0 Å². The Hall–Kier alpha value is -0.380. The van der Waals surface area contributed by atoms with Gasteiger partial charge < -0.3 is 11.1 Å². The summed E-state index contributed by atoms with van der Waals surface area (Å²) in [7, 11) is 0. The minimum Gasteiger partial charge on any atom is -0.327 e. The van der Waals surface area contributed by atoms with Crippen molar-refractivity contribution in [3.63, 3.8) is 0 Å². The molecule has 0 saturated heterocycles. The van der Waals surface area contributed by atoms with E-state index in [0.717, 1.165) is 19.5 Å². The van der Waals surface area contributed by atoms with E-state index in [0.29, 0.717) is 6.04 Å². The third kappa shape index (κ3) is 3.78. The highest BCUT2D eigenvalue weighted by Crippen LogP contribution is 2.14. The van der Waals surface area contributed by atoms with Gasteiger partial charge in [-0.1, -0.05) is 13.3 Å². The predicted molar refractivity (Wildman–Crippen MR) is 63.6 cm³/mol. The molecule has 0 aliphatic rings. The molecule has 0 fully saturated rings. The largest absolute Gasteiger partial charge is 0.327 e. The molecule has 1 aromatic rings. The summed E-state index contributed by atoms with van der Waals surface area (Å²) in [6, 6.07) is 2.47. The van der Waals surface area contributed by atoms with Gasteiger partial charge >= 0.3 is 0 Å². The summed E-state index contributed by atoms with van der Waals surface area (Å²) in [4.78, 5) is 1.42. The molecule has 3 heteroatoms. The molecule has 14 heavy (non-hydrogen) atoms. The summed E-state index contributed by atoms with van der Waals surface area (Å²) in [6.45, 7) is 6.20. The zero-order valence-corrected chi connectivity index (χ0v) is 9.86. The maximum Gasteiger partial charge on any atom is 0.0303 e. The van der Waals surface area contributed by atoms with Gasteiger partial charge in [0, 0.05) is 24.0 Å². The smallest absolute Gasteiger partial charge is 0.0303 e. The number of thiophene rings is 1. The molecule has 3 N–H and O–H groups in total. The molecule has 80 valence electrons. The van der Waals surface area contributed by atoms with E-state index in [9.17, 15) is 0 Å². The van der Waals surface area contributed by atoms with Crippen LogP contribution in [0.25, 0.3) is 0 Å². The molecule has 0 spiro atoms. The highest BCUT2D eigenvalue weighted by atomic mass is 32.1. The summed E-state index contributed by atoms with van der Waals surface area (Å²) in [5.41, 5.74) is 7.28. The van der Waals surface area contributed by atoms with Crippen molar-refractivity contribution >= 4 is 11.3 Å². The van der Waals surface area contributed by atoms with Crippen molar-refractivity contribution in [3.05, 3.63) is 21.9 Å². The molecule has 2 nitrogen and oxygen atoms in total. The van der Waals surface area contributed by atoms with E-state index in [1.165, 1.54) is 16.9 Å². The standard InChI is InChI=1S/C11H20N2S/c1-3-4-10(12)7-13-8-11-9(2)5-6-14-11/h5-6,10,13H,3-4,7-8,12H2,1-2H3. The van der Waals surface area contributed by atoms with Crippen LogP contribution in [0, 0.1) is 6.92 Å². The van der Waals surface area contributed by atoms with Crippen molar-refractivity contribution in [2.75, 3.05) is 6.54 Å². The highest BCUT2D eigenvalue weighted by Gasteiger charge is 2.02. The number of rotatable bonds is 6. The number of hydrogen-bond acceptors (Lipinski definition) is 3. The monoisotopic (exact) mass is 212 g/mol. The molecule has 0 radical (unpaired) electrons. The molecule has 0 aliphatic carbocycles. The SMILES string of the molecule is CCCC(N)CNCc1sccc1C. The van der Waals surface area contributed by atoms with Gasteiger partial charge in [0.05, 0.1) is 0 Å². The van der Waals surface area contributed by atoms with Crippen LogP contribution in [0.2, 0.25) is 0 Å². The summed E-state index contributed by atoms with van der Waals surface area (Å²) in [5, 5.41) is 5.54. The normalized spacial score (nSPS) is 13.1. The first-order valence-electron chi connectivity index (χ1n) is 5.23. The van der Waals surface area contributed by atoms with Crippen LogP contribution in [0.3, 0.4) is 0 Å². The third-order valence-corrected chi connectivity index (χ3v) is 3.34. The first-order chi connectivity index (χ1) is 6.74. The zero-order chi connectivity index (χ0) is 10.4. The van der Waals surface area contributed by atoms with Crippen LogP contribution in [0.15, 0.2) is 11.4 Å². The Balaban J connectivity index is 2.19. The number of aryl methyl sites for hydroxylation is 1. The lowest BCUT2D eigenvalue weighted by Crippen LogP contribution is -2.33.